The van der Waals surface area contributed by atoms with E-state index in [1.54, 1.807) is 17.0 Å². The van der Waals surface area contributed by atoms with Crippen molar-refractivity contribution in [3.63, 3.8) is 0 Å². The number of carbonyl (C=O) groups is 1. The molecule has 6 heteroatoms. The lowest BCUT2D eigenvalue weighted by Crippen LogP contribution is -2.32. The average Bonchev–Trinajstić information content (AvgIpc) is 2.67. The lowest BCUT2D eigenvalue weighted by Gasteiger charge is -2.22. The van der Waals surface area contributed by atoms with Gasteiger partial charge in [0.2, 0.25) is 10.0 Å². The fourth-order valence-electron chi connectivity index (χ4n) is 2.70. The molecule has 2 aromatic rings. The minimum atomic E-state index is -3.57. The Labute approximate surface area is 162 Å². The summed E-state index contributed by atoms with van der Waals surface area (Å²) >= 11 is 0. The first-order valence-corrected chi connectivity index (χ1v) is 10.8. The molecule has 0 aliphatic carbocycles. The number of carbonyl (C=O) groups excluding carboxylic acids is 1. The number of nitrogens with one attached hydrogen (secondary N) is 1. The van der Waals surface area contributed by atoms with Crippen molar-refractivity contribution in [2.24, 2.45) is 0 Å². The number of amides is 1. The number of rotatable bonds is 9. The lowest BCUT2D eigenvalue weighted by molar-refractivity contribution is 0.0743. The van der Waals surface area contributed by atoms with Crippen LogP contribution < -0.4 is 4.72 Å². The minimum absolute atomic E-state index is 0.0977. The summed E-state index contributed by atoms with van der Waals surface area (Å²) in [5, 5.41) is 0. The van der Waals surface area contributed by atoms with Gasteiger partial charge in [0.05, 0.1) is 4.90 Å². The van der Waals surface area contributed by atoms with Crippen molar-refractivity contribution in [2.45, 2.75) is 51.1 Å². The van der Waals surface area contributed by atoms with E-state index in [2.05, 4.69) is 4.72 Å². The quantitative estimate of drug-likeness (QED) is 0.710. The molecule has 2 aromatic carbocycles. The van der Waals surface area contributed by atoms with Crippen LogP contribution in [-0.2, 0) is 16.6 Å². The Morgan fingerprint density at radius 3 is 2.22 bits per heavy atom. The Morgan fingerprint density at radius 2 is 1.67 bits per heavy atom. The predicted molar refractivity (Wildman–Crippen MR) is 108 cm³/mol. The van der Waals surface area contributed by atoms with Gasteiger partial charge in [-0.25, -0.2) is 13.1 Å². The van der Waals surface area contributed by atoms with Gasteiger partial charge in [-0.2, -0.15) is 0 Å². The summed E-state index contributed by atoms with van der Waals surface area (Å²) in [5.74, 6) is -0.0977. The van der Waals surface area contributed by atoms with Gasteiger partial charge in [0.15, 0.2) is 0 Å². The zero-order valence-corrected chi connectivity index (χ0v) is 17.0. The molecular formula is C21H28N2O3S. The van der Waals surface area contributed by atoms with Crippen molar-refractivity contribution in [1.29, 1.82) is 0 Å². The zero-order valence-electron chi connectivity index (χ0n) is 16.2. The smallest absolute Gasteiger partial charge is 0.254 e. The van der Waals surface area contributed by atoms with Crippen molar-refractivity contribution in [3.8, 4) is 0 Å². The summed E-state index contributed by atoms with van der Waals surface area (Å²) in [4.78, 5) is 14.8. The SMILES string of the molecule is CCCN(Cc1ccccc1)C(=O)c1ccc(S(=O)(=O)NC(C)CC)cc1. The van der Waals surface area contributed by atoms with Gasteiger partial charge in [0.25, 0.3) is 5.91 Å². The molecule has 0 fully saturated rings. The van der Waals surface area contributed by atoms with Crippen molar-refractivity contribution in [1.82, 2.24) is 9.62 Å². The molecule has 0 aliphatic heterocycles. The van der Waals surface area contributed by atoms with Gasteiger partial charge in [0.1, 0.15) is 0 Å². The van der Waals surface area contributed by atoms with E-state index in [0.29, 0.717) is 25.1 Å². The number of hydrogen-bond acceptors (Lipinski definition) is 3. The Kier molecular flexibility index (Phi) is 7.56. The van der Waals surface area contributed by atoms with E-state index in [-0.39, 0.29) is 16.8 Å². The van der Waals surface area contributed by atoms with E-state index in [1.165, 1.54) is 12.1 Å². The van der Waals surface area contributed by atoms with Crippen molar-refractivity contribution < 1.29 is 13.2 Å². The van der Waals surface area contributed by atoms with Crippen LogP contribution in [0.15, 0.2) is 59.5 Å². The third kappa shape index (κ3) is 5.91. The van der Waals surface area contributed by atoms with Gasteiger partial charge < -0.3 is 4.90 Å². The van der Waals surface area contributed by atoms with Crippen molar-refractivity contribution in [3.05, 3.63) is 65.7 Å². The number of hydrogen-bond donors (Lipinski definition) is 1. The van der Waals surface area contributed by atoms with Gasteiger partial charge in [-0.1, -0.05) is 44.2 Å². The Bertz CT molecular complexity index is 833. The fourth-order valence-corrected chi connectivity index (χ4v) is 4.03. The average molecular weight is 389 g/mol. The molecule has 0 saturated carbocycles. The van der Waals surface area contributed by atoms with E-state index in [0.717, 1.165) is 12.0 Å². The Balaban J connectivity index is 2.17. The van der Waals surface area contributed by atoms with E-state index in [4.69, 9.17) is 0 Å². The highest BCUT2D eigenvalue weighted by Crippen LogP contribution is 2.15. The molecule has 146 valence electrons. The van der Waals surface area contributed by atoms with E-state index in [1.807, 2.05) is 51.1 Å². The van der Waals surface area contributed by atoms with Gasteiger partial charge in [-0.3, -0.25) is 4.79 Å². The van der Waals surface area contributed by atoms with Crippen LogP contribution in [0.3, 0.4) is 0 Å². The highest BCUT2D eigenvalue weighted by molar-refractivity contribution is 7.89. The van der Waals surface area contributed by atoms with Crippen LogP contribution in [0.1, 0.15) is 49.5 Å². The highest BCUT2D eigenvalue weighted by Gasteiger charge is 2.19. The summed E-state index contributed by atoms with van der Waals surface area (Å²) in [6, 6.07) is 15.8. The molecule has 1 atom stereocenters. The molecule has 0 spiro atoms. The second-order valence-corrected chi connectivity index (χ2v) is 8.38. The Morgan fingerprint density at radius 1 is 1.04 bits per heavy atom. The second kappa shape index (κ2) is 9.67. The molecule has 0 radical (unpaired) electrons. The molecular weight excluding hydrogens is 360 g/mol. The molecule has 0 saturated heterocycles. The maximum absolute atomic E-state index is 12.9. The first kappa shape index (κ1) is 21.1. The number of benzene rings is 2. The first-order valence-electron chi connectivity index (χ1n) is 9.33. The third-order valence-electron chi connectivity index (χ3n) is 4.38. The van der Waals surface area contributed by atoms with Crippen LogP contribution >= 0.6 is 0 Å². The fraction of sp³-hybridized carbons (Fsp3) is 0.381. The van der Waals surface area contributed by atoms with Crippen LogP contribution in [0, 0.1) is 0 Å². The monoisotopic (exact) mass is 388 g/mol. The Hall–Kier alpha value is -2.18. The number of nitrogens with zero attached hydrogens (tertiary/aromatic N) is 1. The molecule has 0 aromatic heterocycles. The predicted octanol–water partition coefficient (Wildman–Crippen LogP) is 3.82. The van der Waals surface area contributed by atoms with Gasteiger partial charge >= 0.3 is 0 Å². The van der Waals surface area contributed by atoms with Crippen LogP contribution in [-0.4, -0.2) is 31.8 Å². The first-order chi connectivity index (χ1) is 12.9. The standard InChI is InChI=1S/C21H28N2O3S/c1-4-15-23(16-18-9-7-6-8-10-18)21(24)19-11-13-20(14-12-19)27(25,26)22-17(3)5-2/h6-14,17,22H,4-5,15-16H2,1-3H3. The van der Waals surface area contributed by atoms with Crippen molar-refractivity contribution >= 4 is 15.9 Å². The summed E-state index contributed by atoms with van der Waals surface area (Å²) in [6.45, 7) is 6.94. The molecule has 5 nitrogen and oxygen atoms in total. The normalized spacial score (nSPS) is 12.6. The summed E-state index contributed by atoms with van der Waals surface area (Å²) in [5.41, 5.74) is 1.55. The third-order valence-corrected chi connectivity index (χ3v) is 5.98. The maximum atomic E-state index is 12.9. The van der Waals surface area contributed by atoms with E-state index in [9.17, 15) is 13.2 Å². The van der Waals surface area contributed by atoms with Gasteiger partial charge in [-0.15, -0.1) is 0 Å². The molecule has 1 amide bonds. The second-order valence-electron chi connectivity index (χ2n) is 6.67. The molecule has 2 rings (SSSR count). The van der Waals surface area contributed by atoms with Crippen molar-refractivity contribution in [2.75, 3.05) is 6.54 Å². The summed E-state index contributed by atoms with van der Waals surface area (Å²) in [6.07, 6.45) is 1.56. The maximum Gasteiger partial charge on any atom is 0.254 e. The van der Waals surface area contributed by atoms with E-state index >= 15 is 0 Å². The van der Waals surface area contributed by atoms with Crippen LogP contribution in [0.5, 0.6) is 0 Å². The topological polar surface area (TPSA) is 66.5 Å². The van der Waals surface area contributed by atoms with Crippen LogP contribution in [0.4, 0.5) is 0 Å². The molecule has 1 N–H and O–H groups in total. The lowest BCUT2D eigenvalue weighted by atomic mass is 10.1. The largest absolute Gasteiger partial charge is 0.334 e. The van der Waals surface area contributed by atoms with E-state index < -0.39 is 10.0 Å². The molecule has 0 bridgehead atoms. The number of sulfonamides is 1. The summed E-state index contributed by atoms with van der Waals surface area (Å²) < 4.78 is 27.3. The molecule has 0 aliphatic rings. The summed E-state index contributed by atoms with van der Waals surface area (Å²) in [7, 11) is -3.57. The highest BCUT2D eigenvalue weighted by atomic mass is 32.2. The van der Waals surface area contributed by atoms with Crippen LogP contribution in [0.2, 0.25) is 0 Å². The minimum Gasteiger partial charge on any atom is -0.334 e. The van der Waals surface area contributed by atoms with Crippen LogP contribution in [0.25, 0.3) is 0 Å². The zero-order chi connectivity index (χ0) is 19.9. The molecule has 27 heavy (non-hydrogen) atoms. The van der Waals surface area contributed by atoms with Gasteiger partial charge in [-0.05, 0) is 49.6 Å². The molecule has 1 unspecified atom stereocenters. The van der Waals surface area contributed by atoms with Gasteiger partial charge in [0, 0.05) is 24.7 Å². The molecule has 0 heterocycles.